The number of aromatic nitrogens is 2. The topological polar surface area (TPSA) is 72.9 Å². The molecule has 0 spiro atoms. The molecule has 1 heterocycles. The van der Waals surface area contributed by atoms with Crippen molar-refractivity contribution in [2.75, 3.05) is 5.32 Å². The van der Waals surface area contributed by atoms with E-state index < -0.39 is 24.7 Å². The molecule has 0 saturated heterocycles. The standard InChI is InChI=1S/C11H17F3N4O.ClH/c1-3-7(2)9(15)10(19)17-8-4-16-18(5-8)6-11(12,13)14;/h4-5,7,9H,3,6,15H2,1-2H3,(H,17,19);1H. The highest BCUT2D eigenvalue weighted by Gasteiger charge is 2.28. The lowest BCUT2D eigenvalue weighted by atomic mass is 9.99. The van der Waals surface area contributed by atoms with E-state index in [1.54, 1.807) is 0 Å². The number of amides is 1. The van der Waals surface area contributed by atoms with Crippen molar-refractivity contribution < 1.29 is 18.0 Å². The first-order chi connectivity index (χ1) is 8.73. The molecule has 2 atom stereocenters. The summed E-state index contributed by atoms with van der Waals surface area (Å²) in [5, 5.41) is 5.97. The fourth-order valence-corrected chi connectivity index (χ4v) is 1.44. The second-order valence-corrected chi connectivity index (χ2v) is 4.44. The summed E-state index contributed by atoms with van der Waals surface area (Å²) in [5.74, 6) is -0.439. The summed E-state index contributed by atoms with van der Waals surface area (Å²) in [4.78, 5) is 11.7. The Hall–Kier alpha value is -1.28. The Bertz CT molecular complexity index is 436. The first-order valence-electron chi connectivity index (χ1n) is 5.88. The Morgan fingerprint density at radius 1 is 1.55 bits per heavy atom. The van der Waals surface area contributed by atoms with E-state index in [2.05, 4.69) is 10.4 Å². The van der Waals surface area contributed by atoms with Gasteiger partial charge in [-0.05, 0) is 5.92 Å². The van der Waals surface area contributed by atoms with Gasteiger partial charge in [0.25, 0.3) is 0 Å². The molecule has 1 rings (SSSR count). The molecule has 116 valence electrons. The van der Waals surface area contributed by atoms with Gasteiger partial charge in [-0.3, -0.25) is 9.48 Å². The molecule has 0 saturated carbocycles. The fourth-order valence-electron chi connectivity index (χ4n) is 1.44. The van der Waals surface area contributed by atoms with Crippen LogP contribution in [0.5, 0.6) is 0 Å². The van der Waals surface area contributed by atoms with Gasteiger partial charge in [0, 0.05) is 6.20 Å². The van der Waals surface area contributed by atoms with Crippen molar-refractivity contribution in [2.24, 2.45) is 11.7 Å². The molecule has 0 aliphatic heterocycles. The second-order valence-electron chi connectivity index (χ2n) is 4.44. The van der Waals surface area contributed by atoms with E-state index in [0.29, 0.717) is 4.68 Å². The summed E-state index contributed by atoms with van der Waals surface area (Å²) in [6.07, 6.45) is -1.33. The zero-order valence-electron chi connectivity index (χ0n) is 11.1. The minimum Gasteiger partial charge on any atom is -0.322 e. The number of nitrogens with zero attached hydrogens (tertiary/aromatic N) is 2. The Morgan fingerprint density at radius 2 is 2.15 bits per heavy atom. The van der Waals surface area contributed by atoms with Crippen molar-refractivity contribution in [3.63, 3.8) is 0 Å². The lowest BCUT2D eigenvalue weighted by Gasteiger charge is -2.16. The van der Waals surface area contributed by atoms with Crippen LogP contribution in [-0.4, -0.2) is 27.9 Å². The number of alkyl halides is 3. The quantitative estimate of drug-likeness (QED) is 0.875. The van der Waals surface area contributed by atoms with Crippen LogP contribution in [0.2, 0.25) is 0 Å². The van der Waals surface area contributed by atoms with Crippen LogP contribution in [0, 0.1) is 5.92 Å². The van der Waals surface area contributed by atoms with Crippen molar-refractivity contribution in [3.8, 4) is 0 Å². The van der Waals surface area contributed by atoms with Gasteiger partial charge in [-0.15, -0.1) is 12.4 Å². The van der Waals surface area contributed by atoms with Crippen LogP contribution in [-0.2, 0) is 11.3 Å². The van der Waals surface area contributed by atoms with Crippen molar-refractivity contribution >= 4 is 24.0 Å². The number of nitrogens with two attached hydrogens (primary N) is 1. The van der Waals surface area contributed by atoms with E-state index in [4.69, 9.17) is 5.73 Å². The van der Waals surface area contributed by atoms with Gasteiger partial charge in [0.1, 0.15) is 6.54 Å². The second kappa shape index (κ2) is 7.49. The molecular weight excluding hydrogens is 297 g/mol. The first kappa shape index (κ1) is 18.7. The summed E-state index contributed by atoms with van der Waals surface area (Å²) >= 11 is 0. The van der Waals surface area contributed by atoms with Gasteiger partial charge >= 0.3 is 6.18 Å². The van der Waals surface area contributed by atoms with Crippen LogP contribution in [0.15, 0.2) is 12.4 Å². The lowest BCUT2D eigenvalue weighted by molar-refractivity contribution is -0.142. The molecule has 1 amide bonds. The Labute approximate surface area is 121 Å². The maximum absolute atomic E-state index is 12.1. The van der Waals surface area contributed by atoms with E-state index in [-0.39, 0.29) is 24.0 Å². The number of hydrogen-bond acceptors (Lipinski definition) is 3. The Balaban J connectivity index is 0.00000361. The highest BCUT2D eigenvalue weighted by Crippen LogP contribution is 2.18. The maximum atomic E-state index is 12.1. The molecule has 1 aromatic heterocycles. The molecule has 0 aliphatic carbocycles. The van der Waals surface area contributed by atoms with Gasteiger partial charge in [0.2, 0.25) is 5.91 Å². The number of anilines is 1. The number of rotatable bonds is 5. The number of hydrogen-bond donors (Lipinski definition) is 2. The predicted octanol–water partition coefficient (Wildman–Crippen LogP) is 2.18. The highest BCUT2D eigenvalue weighted by atomic mass is 35.5. The fraction of sp³-hybridized carbons (Fsp3) is 0.636. The largest absolute Gasteiger partial charge is 0.408 e. The molecule has 1 aromatic rings. The van der Waals surface area contributed by atoms with Crippen molar-refractivity contribution in [1.29, 1.82) is 0 Å². The average molecular weight is 315 g/mol. The summed E-state index contributed by atoms with van der Waals surface area (Å²) in [6.45, 7) is 2.54. The molecule has 0 aliphatic rings. The molecule has 3 N–H and O–H groups in total. The van der Waals surface area contributed by atoms with Gasteiger partial charge < -0.3 is 11.1 Å². The zero-order chi connectivity index (χ0) is 14.6. The van der Waals surface area contributed by atoms with Gasteiger partial charge in [0.05, 0.1) is 17.9 Å². The third-order valence-electron chi connectivity index (χ3n) is 2.80. The third-order valence-corrected chi connectivity index (χ3v) is 2.80. The number of carbonyl (C=O) groups is 1. The Kier molecular flexibility index (Phi) is 7.01. The van der Waals surface area contributed by atoms with Crippen LogP contribution in [0.3, 0.4) is 0 Å². The van der Waals surface area contributed by atoms with Gasteiger partial charge in [-0.25, -0.2) is 0 Å². The first-order valence-corrected chi connectivity index (χ1v) is 5.88. The number of halogens is 4. The average Bonchev–Trinajstić information content (AvgIpc) is 2.71. The lowest BCUT2D eigenvalue weighted by Crippen LogP contribution is -2.40. The van der Waals surface area contributed by atoms with E-state index in [1.807, 2.05) is 13.8 Å². The summed E-state index contributed by atoms with van der Waals surface area (Å²) in [7, 11) is 0. The number of nitrogens with one attached hydrogen (secondary N) is 1. The van der Waals surface area contributed by atoms with Crippen LogP contribution in [0.4, 0.5) is 18.9 Å². The van der Waals surface area contributed by atoms with E-state index in [1.165, 1.54) is 0 Å². The van der Waals surface area contributed by atoms with Crippen molar-refractivity contribution in [2.45, 2.75) is 39.0 Å². The molecular formula is C11H18ClF3N4O. The molecule has 5 nitrogen and oxygen atoms in total. The monoisotopic (exact) mass is 314 g/mol. The van der Waals surface area contributed by atoms with E-state index in [9.17, 15) is 18.0 Å². The van der Waals surface area contributed by atoms with Crippen LogP contribution < -0.4 is 11.1 Å². The molecule has 9 heteroatoms. The summed E-state index contributed by atoms with van der Waals surface area (Å²) < 4.78 is 37.1. The minimum atomic E-state index is -4.35. The zero-order valence-corrected chi connectivity index (χ0v) is 12.0. The minimum absolute atomic E-state index is 0. The van der Waals surface area contributed by atoms with Crippen molar-refractivity contribution in [3.05, 3.63) is 12.4 Å². The predicted molar refractivity (Wildman–Crippen MR) is 71.6 cm³/mol. The highest BCUT2D eigenvalue weighted by molar-refractivity contribution is 5.94. The smallest absolute Gasteiger partial charge is 0.322 e. The molecule has 0 fully saturated rings. The molecule has 0 aromatic carbocycles. The van der Waals surface area contributed by atoms with Gasteiger partial charge in [-0.1, -0.05) is 20.3 Å². The van der Waals surface area contributed by atoms with Crippen LogP contribution in [0.25, 0.3) is 0 Å². The normalized spacial score (nSPS) is 14.3. The van der Waals surface area contributed by atoms with Crippen LogP contribution in [0.1, 0.15) is 20.3 Å². The van der Waals surface area contributed by atoms with E-state index in [0.717, 1.165) is 18.8 Å². The number of carbonyl (C=O) groups excluding carboxylic acids is 1. The summed E-state index contributed by atoms with van der Waals surface area (Å²) in [5.41, 5.74) is 5.91. The maximum Gasteiger partial charge on any atom is 0.408 e. The van der Waals surface area contributed by atoms with Gasteiger partial charge in [0.15, 0.2) is 0 Å². The van der Waals surface area contributed by atoms with Crippen molar-refractivity contribution in [1.82, 2.24) is 9.78 Å². The molecule has 20 heavy (non-hydrogen) atoms. The third kappa shape index (κ3) is 5.79. The van der Waals surface area contributed by atoms with E-state index >= 15 is 0 Å². The SMILES string of the molecule is CCC(C)C(N)C(=O)Nc1cnn(CC(F)(F)F)c1.Cl. The summed E-state index contributed by atoms with van der Waals surface area (Å²) in [6, 6.07) is -0.698. The van der Waals surface area contributed by atoms with Crippen LogP contribution >= 0.6 is 12.4 Å². The van der Waals surface area contributed by atoms with Gasteiger partial charge in [-0.2, -0.15) is 18.3 Å². The molecule has 0 radical (unpaired) electrons. The molecule has 2 unspecified atom stereocenters. The Morgan fingerprint density at radius 3 is 2.65 bits per heavy atom. The molecule has 0 bridgehead atoms.